The average Bonchev–Trinajstić information content (AvgIpc) is 1.06. The topological polar surface area (TPSA) is 200 Å². The number of carbonyl (C=O) groups excluding carboxylic acids is 4. The second-order valence-corrected chi connectivity index (χ2v) is 22.8. The lowest BCUT2D eigenvalue weighted by Gasteiger charge is -2.27. The first-order valence-corrected chi connectivity index (χ1v) is 30.1. The van der Waals surface area contributed by atoms with E-state index in [9.17, 15) is 29.7 Å². The van der Waals surface area contributed by atoms with Crippen LogP contribution in [-0.4, -0.2) is 55.4 Å². The summed E-state index contributed by atoms with van der Waals surface area (Å²) in [6, 6.07) is 76.3. The molecular formula is C78H80N8O6. The lowest BCUT2D eigenvalue weighted by Crippen LogP contribution is -2.42. The summed E-state index contributed by atoms with van der Waals surface area (Å²) < 4.78 is 5.29. The molecule has 8 rings (SSSR count). The zero-order chi connectivity index (χ0) is 66.3. The molecule has 4 N–H and O–H groups in total. The highest BCUT2D eigenvalue weighted by Gasteiger charge is 2.25. The van der Waals surface area contributed by atoms with Gasteiger partial charge in [-0.2, -0.15) is 15.5 Å². The van der Waals surface area contributed by atoms with Crippen LogP contribution >= 0.6 is 0 Å². The van der Waals surface area contributed by atoms with Crippen molar-refractivity contribution in [2.24, 2.45) is 4.99 Å². The van der Waals surface area contributed by atoms with Crippen molar-refractivity contribution < 1.29 is 29.0 Å². The SMILES string of the molecule is C=C(C)c1cccc(C(C)(C)N=C=O)c1.C=C(C)c1cccc(C(C)(C)NC(=O)OCCNC(=O)/C(C#N)=C/c2ccc(N(Cc3ccccc3)Cc3ccccc3)cc2)c1.N#C/C(=C\c1ccc(N(Cc2ccccc2)Cc2ccccc2)cc1)C(=O)NCCO. The molecule has 14 nitrogen and oxygen atoms in total. The quantitative estimate of drug-likeness (QED) is 0.0140. The maximum absolute atomic E-state index is 12.7. The third kappa shape index (κ3) is 22.8. The smallest absolute Gasteiger partial charge is 0.407 e. The van der Waals surface area contributed by atoms with E-state index in [4.69, 9.17) is 9.84 Å². The highest BCUT2D eigenvalue weighted by Crippen LogP contribution is 2.28. The van der Waals surface area contributed by atoms with E-state index >= 15 is 0 Å². The summed E-state index contributed by atoms with van der Waals surface area (Å²) >= 11 is 0. The van der Waals surface area contributed by atoms with Gasteiger partial charge in [0.15, 0.2) is 0 Å². The third-order valence-electron chi connectivity index (χ3n) is 14.6. The third-order valence-corrected chi connectivity index (χ3v) is 14.6. The van der Waals surface area contributed by atoms with E-state index in [2.05, 4.69) is 92.4 Å². The number of aliphatic hydroxyl groups excluding tert-OH is 1. The number of aliphatic imine (C=N–C) groups is 1. The van der Waals surface area contributed by atoms with Gasteiger partial charge in [0.2, 0.25) is 6.08 Å². The van der Waals surface area contributed by atoms with E-state index in [0.29, 0.717) is 0 Å². The summed E-state index contributed by atoms with van der Waals surface area (Å²) in [4.78, 5) is 55.9. The maximum Gasteiger partial charge on any atom is 0.407 e. The Bertz CT molecular complexity index is 3840. The minimum Gasteiger partial charge on any atom is -0.448 e. The molecule has 92 heavy (non-hydrogen) atoms. The minimum atomic E-state index is -0.682. The van der Waals surface area contributed by atoms with Crippen LogP contribution in [0.15, 0.2) is 248 Å². The van der Waals surface area contributed by atoms with Gasteiger partial charge >= 0.3 is 6.09 Å². The van der Waals surface area contributed by atoms with Crippen LogP contribution in [0.25, 0.3) is 23.3 Å². The van der Waals surface area contributed by atoms with Gasteiger partial charge in [-0.1, -0.05) is 206 Å². The normalized spacial score (nSPS) is 11.0. The summed E-state index contributed by atoms with van der Waals surface area (Å²) in [5.74, 6) is -1.03. The molecule has 0 saturated heterocycles. The van der Waals surface area contributed by atoms with Gasteiger partial charge < -0.3 is 35.6 Å². The number of anilines is 2. The van der Waals surface area contributed by atoms with Crippen molar-refractivity contribution in [1.82, 2.24) is 16.0 Å². The Labute approximate surface area is 541 Å². The molecule has 0 heterocycles. The number of alkyl carbamates (subject to hydrolysis) is 1. The first kappa shape index (κ1) is 69.9. The van der Waals surface area contributed by atoms with Crippen LogP contribution in [0.5, 0.6) is 0 Å². The molecule has 0 aliphatic rings. The van der Waals surface area contributed by atoms with Crippen molar-refractivity contribution in [1.29, 1.82) is 10.5 Å². The second-order valence-electron chi connectivity index (χ2n) is 22.8. The number of isocyanates is 1. The Morgan fingerprint density at radius 1 is 0.533 bits per heavy atom. The van der Waals surface area contributed by atoms with E-state index in [1.807, 2.05) is 224 Å². The molecule has 0 atom stereocenters. The molecule has 0 bridgehead atoms. The molecule has 3 amide bonds. The number of hydrogen-bond acceptors (Lipinski definition) is 11. The van der Waals surface area contributed by atoms with Crippen molar-refractivity contribution in [3.05, 3.63) is 298 Å². The number of nitrogens with one attached hydrogen (secondary N) is 3. The largest absolute Gasteiger partial charge is 0.448 e. The molecule has 14 heteroatoms. The van der Waals surface area contributed by atoms with Gasteiger partial charge in [0.25, 0.3) is 11.8 Å². The fourth-order valence-corrected chi connectivity index (χ4v) is 9.43. The summed E-state index contributed by atoms with van der Waals surface area (Å²) in [6.45, 7) is 22.2. The van der Waals surface area contributed by atoms with Crippen molar-refractivity contribution in [3.8, 4) is 12.1 Å². The Morgan fingerprint density at radius 2 is 0.902 bits per heavy atom. The van der Waals surface area contributed by atoms with Crippen LogP contribution in [-0.2, 0) is 56.4 Å². The molecule has 0 fully saturated rings. The number of nitrogens with zero attached hydrogens (tertiary/aromatic N) is 5. The van der Waals surface area contributed by atoms with Crippen LogP contribution in [0.3, 0.4) is 0 Å². The average molecular weight is 1230 g/mol. The first-order valence-electron chi connectivity index (χ1n) is 30.1. The predicted octanol–water partition coefficient (Wildman–Crippen LogP) is 14.8. The van der Waals surface area contributed by atoms with Gasteiger partial charge in [-0.3, -0.25) is 9.59 Å². The summed E-state index contributed by atoms with van der Waals surface area (Å²) in [5.41, 5.74) is 13.1. The van der Waals surface area contributed by atoms with Gasteiger partial charge in [-0.15, -0.1) is 0 Å². The maximum atomic E-state index is 12.7. The standard InChI is InChI=1S/C39H40N4O3.C26H25N3O2.C13H15NO/c1-29(2)33-16-11-17-35(25-33)39(3,4)42-38(45)46-23-22-41-37(44)34(26-40)24-30-18-20-36(21-19-30)43(27-31-12-7-5-8-13-31)28-32-14-9-6-10-15-32;27-18-24(26(31)28-15-16-30)17-21-11-13-25(14-12-21)29(19-22-7-3-1-4-8-22)20-23-9-5-2-6-10-23;1-10(2)11-6-5-7-12(8-11)13(3,4)14-9-15/h5-21,24-25H,1,22-23,27-28H2,2-4H3,(H,41,44)(H,42,45);1-14,17,30H,15-16,19-20H2,(H,28,31);5-8H,1H2,2-4H3/b34-24+;24-17+;. The van der Waals surface area contributed by atoms with E-state index in [1.54, 1.807) is 18.2 Å². The van der Waals surface area contributed by atoms with Crippen molar-refractivity contribution in [3.63, 3.8) is 0 Å². The highest BCUT2D eigenvalue weighted by molar-refractivity contribution is 6.02. The minimum absolute atomic E-state index is 0.00614. The lowest BCUT2D eigenvalue weighted by molar-refractivity contribution is -0.118. The van der Waals surface area contributed by atoms with Crippen LogP contribution in [0.1, 0.15) is 97.2 Å². The highest BCUT2D eigenvalue weighted by atomic mass is 16.5. The molecule has 0 saturated carbocycles. The van der Waals surface area contributed by atoms with Gasteiger partial charge in [0.05, 0.1) is 24.2 Å². The van der Waals surface area contributed by atoms with Crippen molar-refractivity contribution in [2.75, 3.05) is 36.1 Å². The van der Waals surface area contributed by atoms with Gasteiger partial charge in [0, 0.05) is 44.1 Å². The molecule has 0 aromatic heterocycles. The fourth-order valence-electron chi connectivity index (χ4n) is 9.43. The molecular weight excluding hydrogens is 1140 g/mol. The predicted molar refractivity (Wildman–Crippen MR) is 370 cm³/mol. The van der Waals surface area contributed by atoms with E-state index < -0.39 is 29.0 Å². The first-order chi connectivity index (χ1) is 44.3. The number of hydrogen-bond donors (Lipinski definition) is 4. The number of allylic oxidation sites excluding steroid dienone is 2. The summed E-state index contributed by atoms with van der Waals surface area (Å²) in [6.07, 6.45) is 4.10. The van der Waals surface area contributed by atoms with E-state index in [-0.39, 0.29) is 37.4 Å². The molecule has 0 aliphatic heterocycles. The van der Waals surface area contributed by atoms with Gasteiger partial charge in [-0.05, 0) is 146 Å². The number of amides is 3. The Balaban J connectivity index is 0.000000250. The lowest BCUT2D eigenvalue weighted by atomic mass is 9.92. The number of rotatable bonds is 25. The summed E-state index contributed by atoms with van der Waals surface area (Å²) in [5, 5.41) is 35.8. The van der Waals surface area contributed by atoms with Gasteiger partial charge in [-0.25, -0.2) is 9.59 Å². The second kappa shape index (κ2) is 35.7. The van der Waals surface area contributed by atoms with Gasteiger partial charge in [0.1, 0.15) is 29.9 Å². The molecule has 8 aromatic carbocycles. The molecule has 0 aliphatic carbocycles. The number of benzene rings is 8. The van der Waals surface area contributed by atoms with E-state index in [1.165, 1.54) is 22.3 Å². The van der Waals surface area contributed by atoms with Crippen molar-refractivity contribution >= 4 is 58.7 Å². The van der Waals surface area contributed by atoms with Crippen molar-refractivity contribution in [2.45, 2.75) is 78.8 Å². The Morgan fingerprint density at radius 3 is 1.26 bits per heavy atom. The van der Waals surface area contributed by atoms with Crippen LogP contribution in [0, 0.1) is 22.7 Å². The molecule has 468 valence electrons. The molecule has 0 radical (unpaired) electrons. The van der Waals surface area contributed by atoms with E-state index in [0.717, 1.165) is 82.1 Å². The summed E-state index contributed by atoms with van der Waals surface area (Å²) in [7, 11) is 0. The zero-order valence-corrected chi connectivity index (χ0v) is 53.2. The monoisotopic (exact) mass is 1220 g/mol. The van der Waals surface area contributed by atoms with Crippen LogP contribution in [0.4, 0.5) is 16.2 Å². The number of aliphatic hydroxyl groups is 1. The molecule has 0 unspecified atom stereocenters. The number of nitriles is 2. The Kier molecular flexibility index (Phi) is 27.2. The fraction of sp³-hybridized carbons (Fsp3) is 0.205. The Hall–Kier alpha value is -11.2. The molecule has 0 spiro atoms. The van der Waals surface area contributed by atoms with Crippen LogP contribution < -0.4 is 25.8 Å². The molecule has 8 aromatic rings. The number of carbonyl (C=O) groups is 3. The number of ether oxygens (including phenoxy) is 1. The zero-order valence-electron chi connectivity index (χ0n) is 53.2. The van der Waals surface area contributed by atoms with Crippen LogP contribution in [0.2, 0.25) is 0 Å².